The quantitative estimate of drug-likeness (QED) is 0.585. The highest BCUT2D eigenvalue weighted by molar-refractivity contribution is 6.05. The van der Waals surface area contributed by atoms with Crippen LogP contribution in [0.5, 0.6) is 0 Å². The molecule has 5 nitrogen and oxygen atoms in total. The van der Waals surface area contributed by atoms with Gasteiger partial charge in [-0.1, -0.05) is 6.08 Å². The lowest BCUT2D eigenvalue weighted by atomic mass is 10.1. The van der Waals surface area contributed by atoms with Crippen LogP contribution in [0.25, 0.3) is 0 Å². The van der Waals surface area contributed by atoms with Crippen molar-refractivity contribution in [2.45, 2.75) is 6.18 Å². The molecule has 0 fully saturated rings. The van der Waals surface area contributed by atoms with Crippen molar-refractivity contribution in [1.29, 1.82) is 0 Å². The number of nitrogens with zero attached hydrogens (tertiary/aromatic N) is 1. The van der Waals surface area contributed by atoms with E-state index in [2.05, 4.69) is 9.47 Å². The van der Waals surface area contributed by atoms with Gasteiger partial charge in [0.05, 0.1) is 25.5 Å². The number of carbonyl (C=O) groups is 2. The molecule has 2 rings (SSSR count). The summed E-state index contributed by atoms with van der Waals surface area (Å²) in [6.07, 6.45) is -0.315. The largest absolute Gasteiger partial charge is 0.465 e. The van der Waals surface area contributed by atoms with Crippen LogP contribution < -0.4 is 4.90 Å². The summed E-state index contributed by atoms with van der Waals surface area (Å²) in [6.45, 7) is 0. The first-order valence-corrected chi connectivity index (χ1v) is 7.23. The van der Waals surface area contributed by atoms with E-state index in [-0.39, 0.29) is 5.57 Å². The highest BCUT2D eigenvalue weighted by atomic mass is 19.4. The zero-order valence-corrected chi connectivity index (χ0v) is 13.9. The molecule has 0 saturated heterocycles. The molecule has 1 aromatic rings. The average Bonchev–Trinajstić information content (AvgIpc) is 2.81. The number of ether oxygens (including phenoxy) is 2. The van der Waals surface area contributed by atoms with Crippen LogP contribution in [0.2, 0.25) is 0 Å². The van der Waals surface area contributed by atoms with Gasteiger partial charge in [-0.15, -0.1) is 0 Å². The summed E-state index contributed by atoms with van der Waals surface area (Å²) in [5.74, 6) is -5.81. The third kappa shape index (κ3) is 3.99. The van der Waals surface area contributed by atoms with Gasteiger partial charge in [0, 0.05) is 6.20 Å². The Bertz CT molecular complexity index is 848. The van der Waals surface area contributed by atoms with Gasteiger partial charge in [-0.3, -0.25) is 0 Å². The molecule has 0 saturated carbocycles. The molecule has 0 amide bonds. The van der Waals surface area contributed by atoms with Crippen molar-refractivity contribution in [2.75, 3.05) is 19.1 Å². The average molecular weight is 389 g/mol. The summed E-state index contributed by atoms with van der Waals surface area (Å²) in [4.78, 5) is 24.9. The second kappa shape index (κ2) is 7.60. The number of halogens is 5. The smallest absolute Gasteiger partial charge is 0.422 e. The van der Waals surface area contributed by atoms with E-state index in [1.807, 2.05) is 0 Å². The minimum Gasteiger partial charge on any atom is -0.465 e. The van der Waals surface area contributed by atoms with Gasteiger partial charge in [0.25, 0.3) is 0 Å². The number of hydrogen-bond donors (Lipinski definition) is 0. The van der Waals surface area contributed by atoms with Gasteiger partial charge >= 0.3 is 18.1 Å². The van der Waals surface area contributed by atoms with Crippen molar-refractivity contribution in [1.82, 2.24) is 0 Å². The molecule has 1 aliphatic heterocycles. The molecule has 0 aromatic heterocycles. The standard InChI is InChI=1S/C17H12F5NO4/c1-26-15(24)10-5-3-4-6-23(14(10)16(25)27-2)9-7-11(18)13(12(19)8-9)17(20,21)22/h3-8H,1-2H3. The van der Waals surface area contributed by atoms with E-state index in [1.165, 1.54) is 18.2 Å². The van der Waals surface area contributed by atoms with Gasteiger partial charge in [-0.25, -0.2) is 18.4 Å². The Hall–Kier alpha value is -3.17. The molecule has 1 aromatic carbocycles. The number of anilines is 1. The first-order valence-electron chi connectivity index (χ1n) is 7.23. The minimum atomic E-state index is -5.25. The van der Waals surface area contributed by atoms with Gasteiger partial charge in [-0.05, 0) is 24.3 Å². The fourth-order valence-corrected chi connectivity index (χ4v) is 2.34. The van der Waals surface area contributed by atoms with Gasteiger partial charge in [0.15, 0.2) is 0 Å². The Morgan fingerprint density at radius 1 is 0.963 bits per heavy atom. The molecule has 27 heavy (non-hydrogen) atoms. The van der Waals surface area contributed by atoms with Crippen molar-refractivity contribution >= 4 is 17.6 Å². The SMILES string of the molecule is COC(=O)C1=C(C(=O)OC)N(c2cc(F)c(C(F)(F)F)c(F)c2)C=CC=C1. The molecule has 1 aliphatic rings. The van der Waals surface area contributed by atoms with Crippen molar-refractivity contribution in [2.24, 2.45) is 0 Å². The molecule has 0 N–H and O–H groups in total. The Morgan fingerprint density at radius 2 is 1.52 bits per heavy atom. The number of alkyl halides is 3. The van der Waals surface area contributed by atoms with Crippen LogP contribution in [-0.4, -0.2) is 26.2 Å². The van der Waals surface area contributed by atoms with Crippen LogP contribution in [0.4, 0.5) is 27.6 Å². The van der Waals surface area contributed by atoms with Crippen LogP contribution >= 0.6 is 0 Å². The Kier molecular flexibility index (Phi) is 5.67. The predicted molar refractivity (Wildman–Crippen MR) is 83.2 cm³/mol. The molecular weight excluding hydrogens is 377 g/mol. The van der Waals surface area contributed by atoms with Gasteiger partial charge in [0.2, 0.25) is 0 Å². The maximum Gasteiger partial charge on any atom is 0.422 e. The van der Waals surface area contributed by atoms with Crippen LogP contribution in [0.3, 0.4) is 0 Å². The zero-order valence-electron chi connectivity index (χ0n) is 13.9. The predicted octanol–water partition coefficient (Wildman–Crippen LogP) is 3.47. The fraction of sp³-hybridized carbons (Fsp3) is 0.176. The summed E-state index contributed by atoms with van der Waals surface area (Å²) in [7, 11) is 2.03. The minimum absolute atomic E-state index is 0.324. The molecule has 0 unspecified atom stereocenters. The van der Waals surface area contributed by atoms with Crippen LogP contribution in [0.15, 0.2) is 47.8 Å². The van der Waals surface area contributed by atoms with Gasteiger partial charge in [-0.2, -0.15) is 13.2 Å². The number of benzene rings is 1. The molecule has 10 heteroatoms. The first-order chi connectivity index (χ1) is 12.6. The van der Waals surface area contributed by atoms with Crippen molar-refractivity contribution in [3.05, 3.63) is 65.0 Å². The van der Waals surface area contributed by atoms with Gasteiger partial charge in [0.1, 0.15) is 22.9 Å². The van der Waals surface area contributed by atoms with Crippen LogP contribution in [0, 0.1) is 11.6 Å². The Labute approximate surface area is 150 Å². The topological polar surface area (TPSA) is 55.8 Å². The highest BCUT2D eigenvalue weighted by Crippen LogP contribution is 2.37. The molecule has 0 bridgehead atoms. The lowest BCUT2D eigenvalue weighted by Gasteiger charge is -2.24. The van der Waals surface area contributed by atoms with Crippen LogP contribution in [-0.2, 0) is 25.2 Å². The monoisotopic (exact) mass is 389 g/mol. The van der Waals surface area contributed by atoms with Crippen molar-refractivity contribution in [3.8, 4) is 0 Å². The summed E-state index contributed by atoms with van der Waals surface area (Å²) in [5.41, 5.74) is -3.36. The summed E-state index contributed by atoms with van der Waals surface area (Å²) in [5, 5.41) is 0. The maximum atomic E-state index is 13.9. The molecule has 144 valence electrons. The Morgan fingerprint density at radius 3 is 2.00 bits per heavy atom. The number of carbonyl (C=O) groups excluding carboxylic acids is 2. The normalized spacial score (nSPS) is 14.3. The first kappa shape index (κ1) is 20.1. The maximum absolute atomic E-state index is 13.9. The van der Waals surface area contributed by atoms with E-state index in [0.29, 0.717) is 12.1 Å². The van der Waals surface area contributed by atoms with E-state index >= 15 is 0 Å². The molecule has 0 aliphatic carbocycles. The van der Waals surface area contributed by atoms with E-state index < -0.39 is 46.7 Å². The molecular formula is C17H12F5NO4. The van der Waals surface area contributed by atoms with E-state index in [1.54, 1.807) is 0 Å². The summed E-state index contributed by atoms with van der Waals surface area (Å²) >= 11 is 0. The van der Waals surface area contributed by atoms with Gasteiger partial charge < -0.3 is 14.4 Å². The second-order valence-electron chi connectivity index (χ2n) is 5.10. The lowest BCUT2D eigenvalue weighted by Crippen LogP contribution is -2.27. The van der Waals surface area contributed by atoms with Crippen molar-refractivity contribution < 1.29 is 41.0 Å². The van der Waals surface area contributed by atoms with E-state index in [9.17, 15) is 31.5 Å². The lowest BCUT2D eigenvalue weighted by molar-refractivity contribution is -0.142. The number of hydrogen-bond acceptors (Lipinski definition) is 5. The summed E-state index contributed by atoms with van der Waals surface area (Å²) in [6, 6.07) is 0.777. The number of methoxy groups -OCH3 is 2. The van der Waals surface area contributed by atoms with E-state index in [4.69, 9.17) is 0 Å². The zero-order chi connectivity index (χ0) is 20.4. The second-order valence-corrected chi connectivity index (χ2v) is 5.10. The Balaban J connectivity index is 2.71. The van der Waals surface area contributed by atoms with Crippen molar-refractivity contribution in [3.63, 3.8) is 0 Å². The van der Waals surface area contributed by atoms with E-state index in [0.717, 1.165) is 25.3 Å². The number of allylic oxidation sites excluding steroid dienone is 2. The summed E-state index contributed by atoms with van der Waals surface area (Å²) < 4.78 is 75.3. The third-order valence-electron chi connectivity index (χ3n) is 3.48. The number of rotatable bonds is 3. The third-order valence-corrected chi connectivity index (χ3v) is 3.48. The fourth-order valence-electron chi connectivity index (χ4n) is 2.34. The molecule has 0 spiro atoms. The molecule has 0 atom stereocenters. The van der Waals surface area contributed by atoms with Crippen LogP contribution in [0.1, 0.15) is 5.56 Å². The molecule has 0 radical (unpaired) electrons. The highest BCUT2D eigenvalue weighted by Gasteiger charge is 2.38. The number of esters is 2. The molecule has 1 heterocycles.